The fourth-order valence-corrected chi connectivity index (χ4v) is 3.89. The topological polar surface area (TPSA) is 156 Å². The molecule has 0 spiro atoms. The van der Waals surface area contributed by atoms with Crippen molar-refractivity contribution in [3.8, 4) is 0 Å². The molecule has 0 aliphatic carbocycles. The van der Waals surface area contributed by atoms with Crippen LogP contribution in [0.25, 0.3) is 0 Å². The van der Waals surface area contributed by atoms with E-state index in [0.717, 1.165) is 14.2 Å². The third-order valence-electron chi connectivity index (χ3n) is 5.57. The van der Waals surface area contributed by atoms with Gasteiger partial charge in [0.25, 0.3) is 0 Å². The minimum absolute atomic E-state index is 0.0792. The average molecular weight is 504 g/mol. The lowest BCUT2D eigenvalue weighted by molar-refractivity contribution is -0.216. The second kappa shape index (κ2) is 10.7. The van der Waals surface area contributed by atoms with Gasteiger partial charge in [-0.25, -0.2) is 14.4 Å². The Kier molecular flexibility index (Phi) is 8.78. The number of amides is 1. The number of hydrogen-bond acceptors (Lipinski definition) is 11. The molecule has 2 aliphatic rings. The van der Waals surface area contributed by atoms with Gasteiger partial charge in [0.05, 0.1) is 32.3 Å². The summed E-state index contributed by atoms with van der Waals surface area (Å²) in [6, 6.07) is -1.34. The van der Waals surface area contributed by atoms with Gasteiger partial charge in [-0.15, -0.1) is 0 Å². The van der Waals surface area contributed by atoms with Crippen LogP contribution in [-0.2, 0) is 42.8 Å². The van der Waals surface area contributed by atoms with Crippen LogP contribution in [0, 0.1) is 5.41 Å². The minimum atomic E-state index is -1.77. The van der Waals surface area contributed by atoms with Crippen LogP contribution in [-0.4, -0.2) is 91.6 Å². The summed E-state index contributed by atoms with van der Waals surface area (Å²) in [5.74, 6) is -2.24. The number of fused-ring (bicyclic) bond motifs is 1. The Morgan fingerprint density at radius 3 is 2.23 bits per heavy atom. The predicted octanol–water partition coefficient (Wildman–Crippen LogP) is 0.861. The predicted molar refractivity (Wildman–Crippen MR) is 119 cm³/mol. The molecule has 12 heteroatoms. The molecule has 2 rings (SSSR count). The molecular formula is C23H37NO11. The Morgan fingerprint density at radius 2 is 1.71 bits per heavy atom. The summed E-state index contributed by atoms with van der Waals surface area (Å²) in [4.78, 5) is 50.3. The van der Waals surface area contributed by atoms with Gasteiger partial charge in [-0.2, -0.15) is 0 Å². The molecule has 2 fully saturated rings. The zero-order valence-corrected chi connectivity index (χ0v) is 21.5. The standard InChI is InChI=1S/C23H37NO11/c1-21(2,3)18(27)33-15-13(25)11-32-14-10-23(19(28)31-8,34-16(14)15)9-12(17(26)30-7)24-20(29)35-22(4,5)6/h12-16,25H,9-11H2,1-8H3,(H,24,29)/t12-,13-,14+,15+,16-,23+/m0/s1. The Morgan fingerprint density at radius 1 is 1.09 bits per heavy atom. The van der Waals surface area contributed by atoms with Crippen LogP contribution in [0.1, 0.15) is 54.4 Å². The van der Waals surface area contributed by atoms with E-state index in [4.69, 9.17) is 28.4 Å². The number of aliphatic hydroxyl groups excluding tert-OH is 1. The molecule has 0 unspecified atom stereocenters. The van der Waals surface area contributed by atoms with E-state index < -0.39 is 71.1 Å². The van der Waals surface area contributed by atoms with Gasteiger partial charge in [0.2, 0.25) is 0 Å². The lowest BCUT2D eigenvalue weighted by atomic mass is 9.89. The zero-order valence-electron chi connectivity index (χ0n) is 21.5. The molecule has 0 bridgehead atoms. The van der Waals surface area contributed by atoms with Crippen LogP contribution >= 0.6 is 0 Å². The van der Waals surface area contributed by atoms with Crippen molar-refractivity contribution in [2.45, 2.75) is 96.0 Å². The Bertz CT molecular complexity index is 815. The van der Waals surface area contributed by atoms with E-state index in [1.165, 1.54) is 0 Å². The van der Waals surface area contributed by atoms with E-state index in [1.807, 2.05) is 0 Å². The van der Waals surface area contributed by atoms with E-state index in [1.54, 1.807) is 41.5 Å². The number of aliphatic hydroxyl groups is 1. The highest BCUT2D eigenvalue weighted by Gasteiger charge is 2.60. The molecule has 1 amide bonds. The molecule has 35 heavy (non-hydrogen) atoms. The smallest absolute Gasteiger partial charge is 0.408 e. The highest BCUT2D eigenvalue weighted by Crippen LogP contribution is 2.42. The number of rotatable bonds is 6. The number of nitrogens with one attached hydrogen (secondary N) is 1. The number of carbonyl (C=O) groups is 4. The summed E-state index contributed by atoms with van der Waals surface area (Å²) in [7, 11) is 2.28. The number of methoxy groups -OCH3 is 2. The van der Waals surface area contributed by atoms with Crippen LogP contribution in [0.3, 0.4) is 0 Å². The SMILES string of the molecule is COC(=O)[C@H](C[C@]1(C(=O)OC)C[C@H]2OC[C@H](O)[C@@H](OC(=O)C(C)(C)C)[C@H]2O1)NC(=O)OC(C)(C)C. The van der Waals surface area contributed by atoms with Crippen molar-refractivity contribution >= 4 is 24.0 Å². The van der Waals surface area contributed by atoms with Gasteiger partial charge in [-0.1, -0.05) is 0 Å². The molecule has 0 saturated carbocycles. The molecule has 2 saturated heterocycles. The van der Waals surface area contributed by atoms with Crippen LogP contribution in [0.4, 0.5) is 4.79 Å². The fraction of sp³-hybridized carbons (Fsp3) is 0.826. The molecule has 2 N–H and O–H groups in total. The maximum atomic E-state index is 12.9. The zero-order chi connectivity index (χ0) is 26.8. The van der Waals surface area contributed by atoms with Crippen molar-refractivity contribution in [2.75, 3.05) is 20.8 Å². The largest absolute Gasteiger partial charge is 0.467 e. The van der Waals surface area contributed by atoms with Gasteiger partial charge >= 0.3 is 24.0 Å². The van der Waals surface area contributed by atoms with Crippen molar-refractivity contribution in [1.29, 1.82) is 0 Å². The Balaban J connectivity index is 2.33. The van der Waals surface area contributed by atoms with Crippen molar-refractivity contribution in [2.24, 2.45) is 5.41 Å². The molecular weight excluding hydrogens is 466 g/mol. The molecule has 0 aromatic carbocycles. The first kappa shape index (κ1) is 28.8. The highest BCUT2D eigenvalue weighted by molar-refractivity contribution is 5.85. The lowest BCUT2D eigenvalue weighted by Gasteiger charge is -2.37. The van der Waals surface area contributed by atoms with Gasteiger partial charge < -0.3 is 38.8 Å². The number of esters is 3. The number of carbonyl (C=O) groups excluding carboxylic acids is 4. The summed E-state index contributed by atoms with van der Waals surface area (Å²) in [5, 5.41) is 12.9. The van der Waals surface area contributed by atoms with Crippen LogP contribution < -0.4 is 5.32 Å². The monoisotopic (exact) mass is 503 g/mol. The lowest BCUT2D eigenvalue weighted by Crippen LogP contribution is -2.55. The third-order valence-corrected chi connectivity index (χ3v) is 5.57. The van der Waals surface area contributed by atoms with E-state index in [9.17, 15) is 24.3 Å². The molecule has 2 aliphatic heterocycles. The van der Waals surface area contributed by atoms with Gasteiger partial charge in [0, 0.05) is 12.8 Å². The van der Waals surface area contributed by atoms with Crippen LogP contribution in [0.15, 0.2) is 0 Å². The molecule has 0 aromatic rings. The molecule has 0 radical (unpaired) electrons. The first-order chi connectivity index (χ1) is 16.0. The summed E-state index contributed by atoms with van der Waals surface area (Å²) in [5.41, 5.74) is -3.45. The molecule has 12 nitrogen and oxygen atoms in total. The Labute approximate surface area is 204 Å². The van der Waals surface area contributed by atoms with Gasteiger partial charge in [-0.05, 0) is 41.5 Å². The van der Waals surface area contributed by atoms with Crippen molar-refractivity contribution in [1.82, 2.24) is 5.32 Å². The van der Waals surface area contributed by atoms with Crippen LogP contribution in [0.5, 0.6) is 0 Å². The van der Waals surface area contributed by atoms with Gasteiger partial charge in [0.1, 0.15) is 23.9 Å². The first-order valence-corrected chi connectivity index (χ1v) is 11.4. The van der Waals surface area contributed by atoms with E-state index >= 15 is 0 Å². The van der Waals surface area contributed by atoms with Gasteiger partial charge in [-0.3, -0.25) is 4.79 Å². The van der Waals surface area contributed by atoms with Crippen molar-refractivity contribution < 1.29 is 52.7 Å². The quantitative estimate of drug-likeness (QED) is 0.391. The van der Waals surface area contributed by atoms with E-state index in [0.29, 0.717) is 0 Å². The molecule has 6 atom stereocenters. The minimum Gasteiger partial charge on any atom is -0.467 e. The summed E-state index contributed by atoms with van der Waals surface area (Å²) in [6.07, 6.45) is -5.46. The summed E-state index contributed by atoms with van der Waals surface area (Å²) in [6.45, 7) is 9.80. The summed E-state index contributed by atoms with van der Waals surface area (Å²) >= 11 is 0. The average Bonchev–Trinajstić information content (AvgIpc) is 3.11. The molecule has 0 aromatic heterocycles. The second-order valence-corrected chi connectivity index (χ2v) is 10.8. The number of ether oxygens (including phenoxy) is 6. The van der Waals surface area contributed by atoms with Crippen LogP contribution in [0.2, 0.25) is 0 Å². The third kappa shape index (κ3) is 7.05. The number of alkyl carbamates (subject to hydrolysis) is 1. The maximum Gasteiger partial charge on any atom is 0.408 e. The Hall–Kier alpha value is -2.44. The number of hydrogen-bond donors (Lipinski definition) is 2. The molecule has 2 heterocycles. The second-order valence-electron chi connectivity index (χ2n) is 10.8. The van der Waals surface area contributed by atoms with Crippen molar-refractivity contribution in [3.63, 3.8) is 0 Å². The summed E-state index contributed by atoms with van der Waals surface area (Å²) < 4.78 is 32.3. The maximum absolute atomic E-state index is 12.9. The fourth-order valence-electron chi connectivity index (χ4n) is 3.89. The van der Waals surface area contributed by atoms with E-state index in [2.05, 4.69) is 5.32 Å². The van der Waals surface area contributed by atoms with Gasteiger partial charge in [0.15, 0.2) is 11.7 Å². The highest BCUT2D eigenvalue weighted by atomic mass is 16.6. The van der Waals surface area contributed by atoms with E-state index in [-0.39, 0.29) is 19.4 Å². The normalized spacial score (nSPS) is 29.4. The van der Waals surface area contributed by atoms with Crippen molar-refractivity contribution in [3.05, 3.63) is 0 Å². The molecule has 200 valence electrons. The first-order valence-electron chi connectivity index (χ1n) is 11.4.